The molecule has 1 aliphatic heterocycles. The van der Waals surface area contributed by atoms with Crippen LogP contribution in [-0.2, 0) is 16.8 Å². The van der Waals surface area contributed by atoms with E-state index < -0.39 is 20.8 Å². The van der Waals surface area contributed by atoms with Crippen LogP contribution in [0.3, 0.4) is 0 Å². The largest absolute Gasteiger partial charge is 0.621 e. The molecule has 0 N–H and O–H groups in total. The first-order valence-corrected chi connectivity index (χ1v) is 6.25. The number of halogens is 1. The van der Waals surface area contributed by atoms with Crippen molar-refractivity contribution in [2.45, 2.75) is 6.54 Å². The van der Waals surface area contributed by atoms with Crippen molar-refractivity contribution in [3.63, 3.8) is 0 Å². The average molecular weight is 267 g/mol. The fourth-order valence-corrected chi connectivity index (χ4v) is 2.31. The molecule has 18 heavy (non-hydrogen) atoms. The third kappa shape index (κ3) is 2.56. The molecule has 6 heteroatoms. The van der Waals surface area contributed by atoms with Gasteiger partial charge in [0.1, 0.15) is 18.6 Å². The number of hydrogen-bond acceptors (Lipinski definition) is 3. The molecule has 0 saturated heterocycles. The van der Waals surface area contributed by atoms with E-state index in [0.717, 1.165) is 0 Å². The van der Waals surface area contributed by atoms with Crippen LogP contribution in [0.2, 0.25) is 0 Å². The van der Waals surface area contributed by atoms with Crippen LogP contribution in [0.15, 0.2) is 48.7 Å². The third-order valence-electron chi connectivity index (χ3n) is 2.53. The first kappa shape index (κ1) is 12.7. The van der Waals surface area contributed by atoms with Crippen LogP contribution in [0.25, 0.3) is 0 Å². The zero-order valence-corrected chi connectivity index (χ0v) is 10.1. The number of hydroxylamine groups is 3. The van der Waals surface area contributed by atoms with Gasteiger partial charge in [0.2, 0.25) is 0 Å². The van der Waals surface area contributed by atoms with Gasteiger partial charge < -0.3 is 5.21 Å². The van der Waals surface area contributed by atoms with Gasteiger partial charge in [-0.2, -0.15) is 8.42 Å². The summed E-state index contributed by atoms with van der Waals surface area (Å²) >= 11 is 0. The molecule has 1 aromatic carbocycles. The Morgan fingerprint density at radius 1 is 1.28 bits per heavy atom. The summed E-state index contributed by atoms with van der Waals surface area (Å²) in [7, 11) is -2.61. The van der Waals surface area contributed by atoms with E-state index in [9.17, 15) is 18.0 Å². The lowest BCUT2D eigenvalue weighted by molar-refractivity contribution is -0.744. The molecular weight excluding hydrogens is 257 g/mol. The van der Waals surface area contributed by atoms with Crippen LogP contribution >= 0.6 is 0 Å². The monoisotopic (exact) mass is 267 g/mol. The van der Waals surface area contributed by atoms with Crippen LogP contribution in [0.1, 0.15) is 5.56 Å². The van der Waals surface area contributed by atoms with Gasteiger partial charge in [-0.05, 0) is 24.3 Å². The van der Waals surface area contributed by atoms with Crippen molar-refractivity contribution in [2.75, 3.05) is 0 Å². The Hall–Kier alpha value is -1.76. The third-order valence-corrected chi connectivity index (χ3v) is 3.31. The molecule has 94 valence electrons. The van der Waals surface area contributed by atoms with Crippen LogP contribution in [0.4, 0.5) is 4.39 Å². The maximum Gasteiger partial charge on any atom is 0.277 e. The van der Waals surface area contributed by atoms with Crippen molar-refractivity contribution in [3.8, 4) is 0 Å². The lowest BCUT2D eigenvalue weighted by Crippen LogP contribution is -2.42. The second-order valence-corrected chi connectivity index (χ2v) is 4.74. The van der Waals surface area contributed by atoms with Crippen molar-refractivity contribution < 1.29 is 17.5 Å². The molecule has 1 aliphatic rings. The van der Waals surface area contributed by atoms with E-state index in [-0.39, 0.29) is 11.5 Å². The molecule has 1 atom stereocenters. The Balaban J connectivity index is 2.40. The lowest BCUT2D eigenvalue weighted by atomic mass is 10.2. The minimum Gasteiger partial charge on any atom is -0.621 e. The summed E-state index contributed by atoms with van der Waals surface area (Å²) in [5.41, 5.74) is 0.438. The average Bonchev–Trinajstić information content (AvgIpc) is 2.28. The summed E-state index contributed by atoms with van der Waals surface area (Å²) in [5.74, 6) is -0.458. The molecular formula is C12H10FNO3S. The molecule has 4 nitrogen and oxygen atoms in total. The number of nitrogens with zero attached hydrogens (tertiary/aromatic N) is 1. The maximum atomic E-state index is 13.0. The predicted molar refractivity (Wildman–Crippen MR) is 65.9 cm³/mol. The molecule has 0 spiro atoms. The molecule has 0 amide bonds. The molecule has 1 aromatic rings. The smallest absolute Gasteiger partial charge is 0.277 e. The Bertz CT molecular complexity index is 656. The van der Waals surface area contributed by atoms with E-state index in [2.05, 4.69) is 0 Å². The quantitative estimate of drug-likeness (QED) is 0.466. The number of benzene rings is 1. The van der Waals surface area contributed by atoms with E-state index in [4.69, 9.17) is 0 Å². The van der Waals surface area contributed by atoms with Crippen molar-refractivity contribution in [2.24, 2.45) is 0 Å². The van der Waals surface area contributed by atoms with E-state index in [0.29, 0.717) is 5.56 Å². The van der Waals surface area contributed by atoms with Crippen LogP contribution in [0.5, 0.6) is 0 Å². The van der Waals surface area contributed by atoms with E-state index >= 15 is 0 Å². The minimum absolute atomic E-state index is 0.165. The van der Waals surface area contributed by atoms with Crippen LogP contribution < -0.4 is 0 Å². The number of rotatable bonds is 2. The van der Waals surface area contributed by atoms with Gasteiger partial charge in [0, 0.05) is 11.6 Å². The summed E-state index contributed by atoms with van der Waals surface area (Å²) in [6.45, 7) is -0.165. The van der Waals surface area contributed by atoms with Gasteiger partial charge in [-0.25, -0.2) is 4.39 Å². The zero-order valence-electron chi connectivity index (χ0n) is 9.28. The summed E-state index contributed by atoms with van der Waals surface area (Å²) in [5, 5.41) is 12.4. The zero-order chi connectivity index (χ0) is 13.2. The summed E-state index contributed by atoms with van der Waals surface area (Å²) in [4.78, 5) is -0.290. The minimum atomic E-state index is -2.61. The van der Waals surface area contributed by atoms with Crippen molar-refractivity contribution in [1.82, 2.24) is 0 Å². The molecule has 0 saturated carbocycles. The summed E-state index contributed by atoms with van der Waals surface area (Å²) in [6, 6.07) is 5.54. The van der Waals surface area contributed by atoms with Gasteiger partial charge in [0.15, 0.2) is 0 Å². The van der Waals surface area contributed by atoms with Crippen molar-refractivity contribution in [1.29, 1.82) is 0 Å². The Labute approximate surface area is 105 Å². The fraction of sp³-hybridized carbons (Fsp3) is 0.0833. The molecule has 0 radical (unpaired) electrons. The number of quaternary nitrogens is 1. The first-order valence-electron chi connectivity index (χ1n) is 5.17. The highest BCUT2D eigenvalue weighted by atomic mass is 32.2. The number of allylic oxidation sites excluding steroid dienone is 2. The molecule has 0 fully saturated rings. The Morgan fingerprint density at radius 2 is 2.06 bits per heavy atom. The van der Waals surface area contributed by atoms with Crippen LogP contribution in [-0.4, -0.2) is 18.1 Å². The van der Waals surface area contributed by atoms with Gasteiger partial charge >= 0.3 is 0 Å². The highest BCUT2D eigenvalue weighted by Crippen LogP contribution is 2.19. The van der Waals surface area contributed by atoms with Gasteiger partial charge in [-0.15, -0.1) is 0 Å². The van der Waals surface area contributed by atoms with Gasteiger partial charge in [0.25, 0.3) is 15.3 Å². The Morgan fingerprint density at radius 3 is 2.72 bits per heavy atom. The predicted octanol–water partition coefficient (Wildman–Crippen LogP) is 1.73. The first-order chi connectivity index (χ1) is 8.51. The van der Waals surface area contributed by atoms with E-state index in [1.807, 2.05) is 0 Å². The lowest BCUT2D eigenvalue weighted by Gasteiger charge is -2.37. The fourth-order valence-electron chi connectivity index (χ4n) is 1.75. The second kappa shape index (κ2) is 4.85. The highest BCUT2D eigenvalue weighted by Gasteiger charge is 2.24. The van der Waals surface area contributed by atoms with Gasteiger partial charge in [0.05, 0.1) is 0 Å². The van der Waals surface area contributed by atoms with Crippen molar-refractivity contribution in [3.05, 3.63) is 65.3 Å². The van der Waals surface area contributed by atoms with Crippen LogP contribution in [0, 0.1) is 11.0 Å². The molecule has 1 heterocycles. The second-order valence-electron chi connectivity index (χ2n) is 3.86. The van der Waals surface area contributed by atoms with E-state index in [1.165, 1.54) is 42.6 Å². The van der Waals surface area contributed by atoms with Crippen molar-refractivity contribution >= 4 is 15.3 Å². The highest BCUT2D eigenvalue weighted by molar-refractivity contribution is 7.72. The normalized spacial score (nSPS) is 22.2. The Kier molecular flexibility index (Phi) is 3.42. The van der Waals surface area contributed by atoms with E-state index in [1.54, 1.807) is 6.07 Å². The summed E-state index contributed by atoms with van der Waals surface area (Å²) in [6.07, 6.45) is 5.42. The molecule has 1 unspecified atom stereocenters. The maximum absolute atomic E-state index is 13.0. The molecule has 0 aliphatic carbocycles. The van der Waals surface area contributed by atoms with Gasteiger partial charge in [-0.3, -0.25) is 4.65 Å². The SMILES string of the molecule is O=S(=O)=C1C=CC=C[N+]1([O-])Cc1cccc(F)c1. The summed E-state index contributed by atoms with van der Waals surface area (Å²) < 4.78 is 33.9. The molecule has 0 bridgehead atoms. The number of hydrogen-bond donors (Lipinski definition) is 0. The van der Waals surface area contributed by atoms with Gasteiger partial charge in [-0.1, -0.05) is 12.1 Å². The molecule has 0 aromatic heterocycles. The molecule has 2 rings (SSSR count). The topological polar surface area (TPSA) is 57.2 Å². The standard InChI is InChI=1S/C12H10FNO3S/c13-11-5-3-4-10(8-11)9-14(15)7-2-1-6-12(14)18(16)17/h1-8H,9H2.